The number of carbonyl (C=O) groups is 3. The number of hydrogen-bond acceptors (Lipinski definition) is 4. The molecule has 2 amide bonds. The number of ether oxygens (including phenoxy) is 1. The lowest BCUT2D eigenvalue weighted by Crippen LogP contribution is -2.48. The van der Waals surface area contributed by atoms with Crippen LogP contribution in [-0.2, 0) is 25.5 Å². The van der Waals surface area contributed by atoms with Gasteiger partial charge in [-0.25, -0.2) is 0 Å². The van der Waals surface area contributed by atoms with Crippen molar-refractivity contribution in [3.8, 4) is 0 Å². The van der Waals surface area contributed by atoms with E-state index in [0.29, 0.717) is 19.4 Å². The summed E-state index contributed by atoms with van der Waals surface area (Å²) in [7, 11) is 1.30. The fourth-order valence-electron chi connectivity index (χ4n) is 2.98. The molecule has 1 heterocycles. The summed E-state index contributed by atoms with van der Waals surface area (Å²) in [6.07, 6.45) is 4.24. The Morgan fingerprint density at radius 2 is 2.00 bits per heavy atom. The van der Waals surface area contributed by atoms with Gasteiger partial charge in [0, 0.05) is 13.0 Å². The van der Waals surface area contributed by atoms with Crippen molar-refractivity contribution in [1.82, 2.24) is 10.2 Å². The second-order valence-corrected chi connectivity index (χ2v) is 6.29. The first-order valence-corrected chi connectivity index (χ1v) is 8.79. The lowest BCUT2D eigenvalue weighted by molar-refractivity contribution is -0.147. The van der Waals surface area contributed by atoms with Crippen molar-refractivity contribution in [2.75, 3.05) is 20.2 Å². The molecule has 0 saturated carbocycles. The third kappa shape index (κ3) is 6.21. The molecule has 0 unspecified atom stereocenters. The van der Waals surface area contributed by atoms with E-state index in [1.807, 2.05) is 30.3 Å². The average molecular weight is 346 g/mol. The molecule has 1 aliphatic heterocycles. The molecule has 6 nitrogen and oxygen atoms in total. The summed E-state index contributed by atoms with van der Waals surface area (Å²) >= 11 is 0. The maximum absolute atomic E-state index is 12.5. The monoisotopic (exact) mass is 346 g/mol. The largest absolute Gasteiger partial charge is 0.468 e. The van der Waals surface area contributed by atoms with Crippen LogP contribution in [0.1, 0.15) is 37.7 Å². The topological polar surface area (TPSA) is 75.7 Å². The van der Waals surface area contributed by atoms with Gasteiger partial charge in [-0.3, -0.25) is 14.4 Å². The Kier molecular flexibility index (Phi) is 7.44. The zero-order chi connectivity index (χ0) is 18.1. The van der Waals surface area contributed by atoms with E-state index < -0.39 is 12.0 Å². The minimum Gasteiger partial charge on any atom is -0.468 e. The quantitative estimate of drug-likeness (QED) is 0.762. The molecule has 0 aromatic heterocycles. The van der Waals surface area contributed by atoms with Crippen LogP contribution >= 0.6 is 0 Å². The van der Waals surface area contributed by atoms with Crippen LogP contribution in [0.4, 0.5) is 0 Å². The first kappa shape index (κ1) is 19.0. The lowest BCUT2D eigenvalue weighted by Gasteiger charge is -2.23. The van der Waals surface area contributed by atoms with Gasteiger partial charge < -0.3 is 15.0 Å². The number of nitrogens with zero attached hydrogens (tertiary/aromatic N) is 1. The number of aryl methyl sites for hydroxylation is 1. The molecule has 0 aliphatic carbocycles. The van der Waals surface area contributed by atoms with E-state index in [9.17, 15) is 14.4 Å². The molecule has 0 bridgehead atoms. The smallest absolute Gasteiger partial charge is 0.325 e. The molecule has 136 valence electrons. The van der Waals surface area contributed by atoms with E-state index in [4.69, 9.17) is 0 Å². The van der Waals surface area contributed by atoms with Crippen molar-refractivity contribution in [2.45, 2.75) is 44.6 Å². The molecule has 1 aromatic rings. The molecule has 1 atom stereocenters. The number of likely N-dealkylation sites (tertiary alicyclic amines) is 1. The Hall–Kier alpha value is -2.37. The zero-order valence-electron chi connectivity index (χ0n) is 14.7. The number of carbonyl (C=O) groups excluding carboxylic acids is 3. The highest BCUT2D eigenvalue weighted by atomic mass is 16.5. The Bertz CT molecular complexity index is 588. The zero-order valence-corrected chi connectivity index (χ0v) is 14.7. The summed E-state index contributed by atoms with van der Waals surface area (Å²) in [4.78, 5) is 37.6. The summed E-state index contributed by atoms with van der Waals surface area (Å²) in [5.74, 6) is -0.753. The number of benzene rings is 1. The molecule has 1 aromatic carbocycles. The first-order valence-electron chi connectivity index (χ1n) is 8.79. The SMILES string of the molecule is COC(=O)CN1CCCC[C@H](NC(=O)CCCc2ccccc2)C1=O. The van der Waals surface area contributed by atoms with Crippen LogP contribution in [-0.4, -0.2) is 48.9 Å². The third-order valence-corrected chi connectivity index (χ3v) is 4.38. The van der Waals surface area contributed by atoms with Crippen LogP contribution in [0.5, 0.6) is 0 Å². The highest BCUT2D eigenvalue weighted by Gasteiger charge is 2.29. The Balaban J connectivity index is 1.81. The normalized spacial score (nSPS) is 17.7. The van der Waals surface area contributed by atoms with Crippen molar-refractivity contribution in [2.24, 2.45) is 0 Å². The minimum atomic E-state index is -0.545. The van der Waals surface area contributed by atoms with Crippen LogP contribution < -0.4 is 5.32 Å². The number of hydrogen-bond donors (Lipinski definition) is 1. The van der Waals surface area contributed by atoms with Crippen LogP contribution in [0, 0.1) is 0 Å². The number of rotatable bonds is 7. The van der Waals surface area contributed by atoms with E-state index in [2.05, 4.69) is 10.1 Å². The van der Waals surface area contributed by atoms with Gasteiger partial charge in [-0.2, -0.15) is 0 Å². The van der Waals surface area contributed by atoms with Crippen molar-refractivity contribution in [3.05, 3.63) is 35.9 Å². The van der Waals surface area contributed by atoms with Crippen LogP contribution in [0.15, 0.2) is 30.3 Å². The predicted octanol–water partition coefficient (Wildman–Crippen LogP) is 1.68. The van der Waals surface area contributed by atoms with Crippen LogP contribution in [0.25, 0.3) is 0 Å². The lowest BCUT2D eigenvalue weighted by atomic mass is 10.1. The van der Waals surface area contributed by atoms with E-state index in [1.165, 1.54) is 17.6 Å². The van der Waals surface area contributed by atoms with Gasteiger partial charge in [-0.1, -0.05) is 30.3 Å². The van der Waals surface area contributed by atoms with Gasteiger partial charge in [0.2, 0.25) is 11.8 Å². The van der Waals surface area contributed by atoms with Gasteiger partial charge in [0.05, 0.1) is 7.11 Å². The molecule has 1 saturated heterocycles. The van der Waals surface area contributed by atoms with Gasteiger partial charge in [0.25, 0.3) is 0 Å². The Morgan fingerprint density at radius 3 is 2.72 bits per heavy atom. The van der Waals surface area contributed by atoms with Crippen LogP contribution in [0.3, 0.4) is 0 Å². The molecule has 1 fully saturated rings. The summed E-state index contributed by atoms with van der Waals surface area (Å²) in [5.41, 5.74) is 1.20. The maximum atomic E-state index is 12.5. The molecule has 6 heteroatoms. The molecule has 1 N–H and O–H groups in total. The van der Waals surface area contributed by atoms with Gasteiger partial charge >= 0.3 is 5.97 Å². The van der Waals surface area contributed by atoms with Gasteiger partial charge in [-0.05, 0) is 37.7 Å². The highest BCUT2D eigenvalue weighted by molar-refractivity contribution is 5.89. The molecular weight excluding hydrogens is 320 g/mol. The highest BCUT2D eigenvalue weighted by Crippen LogP contribution is 2.13. The molecule has 25 heavy (non-hydrogen) atoms. The van der Waals surface area contributed by atoms with Crippen molar-refractivity contribution in [3.63, 3.8) is 0 Å². The summed E-state index contributed by atoms with van der Waals surface area (Å²) in [6.45, 7) is 0.462. The standard InChI is InChI=1S/C19H26N2O4/c1-25-18(23)14-21-13-6-5-11-16(19(21)24)20-17(22)12-7-10-15-8-3-2-4-9-15/h2-4,8-9,16H,5-7,10-14H2,1H3,(H,20,22)/t16-/m0/s1. The van der Waals surface area contributed by atoms with Gasteiger partial charge in [0.1, 0.15) is 12.6 Å². The number of nitrogens with one attached hydrogen (secondary N) is 1. The van der Waals surface area contributed by atoms with Crippen molar-refractivity contribution in [1.29, 1.82) is 0 Å². The number of esters is 1. The van der Waals surface area contributed by atoms with Gasteiger partial charge in [0.15, 0.2) is 0 Å². The molecular formula is C19H26N2O4. The van der Waals surface area contributed by atoms with Gasteiger partial charge in [-0.15, -0.1) is 0 Å². The van der Waals surface area contributed by atoms with Crippen LogP contribution in [0.2, 0.25) is 0 Å². The van der Waals surface area contributed by atoms with E-state index in [1.54, 1.807) is 0 Å². The third-order valence-electron chi connectivity index (χ3n) is 4.38. The minimum absolute atomic E-state index is 0.0598. The average Bonchev–Trinajstić information content (AvgIpc) is 2.78. The van der Waals surface area contributed by atoms with E-state index in [0.717, 1.165) is 25.7 Å². The maximum Gasteiger partial charge on any atom is 0.325 e. The van der Waals surface area contributed by atoms with Crippen molar-refractivity contribution < 1.29 is 19.1 Å². The fourth-order valence-corrected chi connectivity index (χ4v) is 2.98. The van der Waals surface area contributed by atoms with E-state index in [-0.39, 0.29) is 18.4 Å². The van der Waals surface area contributed by atoms with Crippen molar-refractivity contribution >= 4 is 17.8 Å². The predicted molar refractivity (Wildman–Crippen MR) is 93.8 cm³/mol. The molecule has 2 rings (SSSR count). The summed E-state index contributed by atoms with van der Waals surface area (Å²) in [6, 6.07) is 9.46. The fraction of sp³-hybridized carbons (Fsp3) is 0.526. The number of methoxy groups -OCH3 is 1. The summed E-state index contributed by atoms with van der Waals surface area (Å²) < 4.78 is 4.63. The second kappa shape index (κ2) is 9.81. The first-order chi connectivity index (χ1) is 12.1. The van der Waals surface area contributed by atoms with E-state index >= 15 is 0 Å². The molecule has 1 aliphatic rings. The second-order valence-electron chi connectivity index (χ2n) is 6.29. The molecule has 0 radical (unpaired) electrons. The Morgan fingerprint density at radius 1 is 1.24 bits per heavy atom. The molecule has 0 spiro atoms. The Labute approximate surface area is 148 Å². The summed E-state index contributed by atoms with van der Waals surface area (Å²) in [5, 5.41) is 2.83. The number of amides is 2.